The minimum atomic E-state index is -4.96. The summed E-state index contributed by atoms with van der Waals surface area (Å²) in [6.45, 7) is 0. The number of benzene rings is 7. The minimum absolute atomic E-state index is 0. The molecule has 0 heterocycles. The molecule has 0 aliphatic rings. The summed E-state index contributed by atoms with van der Waals surface area (Å²) in [7, 11) is -14.3. The molecule has 0 aliphatic carbocycles. The molecule has 6 N–H and O–H groups in total. The fourth-order valence-corrected chi connectivity index (χ4v) is 7.40. The Morgan fingerprint density at radius 3 is 1.37 bits per heavy atom. The van der Waals surface area contributed by atoms with Gasteiger partial charge in [-0.2, -0.15) is 30.4 Å². The van der Waals surface area contributed by atoms with E-state index in [4.69, 9.17) is 5.73 Å². The summed E-state index contributed by atoms with van der Waals surface area (Å²) in [4.78, 5) is -1.74. The van der Waals surface area contributed by atoms with Gasteiger partial charge in [0.1, 0.15) is 10.6 Å². The van der Waals surface area contributed by atoms with Crippen molar-refractivity contribution in [3.8, 4) is 5.75 Å². The number of phenolic OH excluding ortho intramolecular Hbond substituents is 1. The van der Waals surface area contributed by atoms with E-state index in [1.807, 2.05) is 6.07 Å². The maximum atomic E-state index is 12.3. The maximum Gasteiger partial charge on any atom is 0.296 e. The van der Waals surface area contributed by atoms with Gasteiger partial charge in [0.2, 0.25) is 0 Å². The van der Waals surface area contributed by atoms with Crippen LogP contribution in [0.3, 0.4) is 0 Å². The molecule has 0 atom stereocenters. The van der Waals surface area contributed by atoms with Crippen molar-refractivity contribution in [2.75, 3.05) is 5.73 Å². The van der Waals surface area contributed by atoms with E-state index < -0.39 is 56.5 Å². The normalized spacial score (nSPS) is 12.3. The van der Waals surface area contributed by atoms with Gasteiger partial charge in [0, 0.05) is 121 Å². The van der Waals surface area contributed by atoms with Crippen molar-refractivity contribution < 1.29 is 44.0 Å². The summed E-state index contributed by atoms with van der Waals surface area (Å²) in [6, 6.07) is 27.2. The second kappa shape index (κ2) is 19.0. The van der Waals surface area contributed by atoms with Crippen molar-refractivity contribution in [1.29, 1.82) is 0 Å². The summed E-state index contributed by atoms with van der Waals surface area (Å²) in [5, 5.41) is 37.4. The summed E-state index contributed by atoms with van der Waals surface area (Å²) >= 11 is 0. The molecule has 23 heteroatoms. The van der Waals surface area contributed by atoms with Crippen LogP contribution in [-0.2, 0) is 30.4 Å². The summed E-state index contributed by atoms with van der Waals surface area (Å²) in [5.74, 6) is -0.670. The number of rotatable bonds is 9. The van der Waals surface area contributed by atoms with Crippen molar-refractivity contribution in [3.63, 3.8) is 0 Å². The zero-order chi connectivity index (χ0) is 40.0. The molecule has 0 amide bonds. The number of fused-ring (bicyclic) bond motifs is 3. The summed E-state index contributed by atoms with van der Waals surface area (Å²) in [5.41, 5.74) is 6.52. The first-order valence-electron chi connectivity index (χ1n) is 15.9. The van der Waals surface area contributed by atoms with Crippen molar-refractivity contribution >= 4 is 191 Å². The first kappa shape index (κ1) is 48.1. The third kappa shape index (κ3) is 10.7. The number of hydrogen-bond acceptors (Lipinski definition) is 14. The van der Waals surface area contributed by atoms with Gasteiger partial charge in [0.25, 0.3) is 30.4 Å². The number of phenols is 1. The van der Waals surface area contributed by atoms with E-state index in [2.05, 4.69) is 30.7 Å². The zero-order valence-electron chi connectivity index (χ0n) is 31.2. The molecule has 59 heavy (non-hydrogen) atoms. The van der Waals surface area contributed by atoms with Crippen LogP contribution in [0.1, 0.15) is 0 Å². The number of nitrogens with two attached hydrogens (primary N) is 1. The minimum Gasteiger partial charge on any atom is -0.505 e. The van der Waals surface area contributed by atoms with E-state index in [1.54, 1.807) is 30.3 Å². The molecule has 0 saturated carbocycles. The molecule has 3 radical (unpaired) electrons. The largest absolute Gasteiger partial charge is 0.505 e. The van der Waals surface area contributed by atoms with Gasteiger partial charge in [0.15, 0.2) is 5.75 Å². The average Bonchev–Trinajstić information content (AvgIpc) is 3.15. The van der Waals surface area contributed by atoms with Crippen LogP contribution in [0, 0.1) is 0 Å². The molecule has 0 bridgehead atoms. The van der Waals surface area contributed by atoms with Crippen LogP contribution in [0.25, 0.3) is 32.3 Å². The maximum absolute atomic E-state index is 12.3. The number of aromatic hydroxyl groups is 1. The Bertz CT molecular complexity index is 3210. The van der Waals surface area contributed by atoms with E-state index in [9.17, 15) is 44.0 Å². The molecule has 0 aliphatic heterocycles. The molecule has 0 unspecified atom stereocenters. The van der Waals surface area contributed by atoms with Gasteiger partial charge in [-0.25, -0.2) is 0 Å². The van der Waals surface area contributed by atoms with Gasteiger partial charge in [-0.3, -0.25) is 13.7 Å². The summed E-state index contributed by atoms with van der Waals surface area (Å²) < 4.78 is 103. The Labute approximate surface area is 402 Å². The van der Waals surface area contributed by atoms with E-state index >= 15 is 0 Å². The molecule has 7 rings (SSSR count). The fraction of sp³-hybridized carbons (Fsp3) is 0. The van der Waals surface area contributed by atoms with Crippen LogP contribution in [0.2, 0.25) is 0 Å². The molecule has 7 aromatic carbocycles. The Morgan fingerprint density at radius 1 is 0.441 bits per heavy atom. The van der Waals surface area contributed by atoms with E-state index in [0.717, 1.165) is 18.2 Å². The standard InChI is InChI=1S/C36H25N7O10S3.3Na/c37-21-7-6-20-16-34(56(51,52)53)35(36(44)27(20)17-21)43-42-33-15-13-31(26-11-9-24(19-29(26)33)55(48,49)50)40-41-32-14-12-30(39-38-22-4-2-1-3-5-22)25-10-8-23(18-28(25)32)54(45,46)47;;;/h1-19,44H,37H2,(H,45,46,47)(H,48,49,50)(H,51,52,53);;;. The predicted octanol–water partition coefficient (Wildman–Crippen LogP) is 8.28. The molecule has 17 nitrogen and oxygen atoms in total. The molecule has 285 valence electrons. The Kier molecular flexibility index (Phi) is 15.5. The third-order valence-electron chi connectivity index (χ3n) is 8.39. The number of azo groups is 3. The van der Waals surface area contributed by atoms with Crippen molar-refractivity contribution in [2.45, 2.75) is 14.7 Å². The quantitative estimate of drug-likeness (QED) is 0.0398. The molecule has 7 aromatic rings. The van der Waals surface area contributed by atoms with Crippen LogP contribution >= 0.6 is 0 Å². The third-order valence-corrected chi connectivity index (χ3v) is 11.0. The summed E-state index contributed by atoms with van der Waals surface area (Å²) in [6.07, 6.45) is 0. The Morgan fingerprint density at radius 2 is 0.898 bits per heavy atom. The molecular weight excluding hydrogens is 856 g/mol. The molecular formula is C36H25N7Na3O10S3. The fourth-order valence-electron chi connectivity index (χ4n) is 5.73. The number of nitrogens with zero attached hydrogens (tertiary/aromatic N) is 6. The number of nitrogen functional groups attached to an aromatic ring is 1. The van der Waals surface area contributed by atoms with Gasteiger partial charge in [-0.1, -0.05) is 36.4 Å². The SMILES string of the molecule is Nc1ccc2cc(S(=O)(=O)O)c(N=Nc3ccc(N=Nc4ccc(N=Nc5ccccc5)c5ccc(S(=O)(=O)O)cc45)c4ccc(S(=O)(=O)O)cc34)c(O)c2c1.[Na].[Na].[Na]. The average molecular weight is 881 g/mol. The molecule has 0 aromatic heterocycles. The first-order chi connectivity index (χ1) is 26.5. The van der Waals surface area contributed by atoms with Crippen LogP contribution in [0.15, 0.2) is 161 Å². The second-order valence-corrected chi connectivity index (χ2v) is 16.3. The van der Waals surface area contributed by atoms with Crippen molar-refractivity contribution in [2.24, 2.45) is 30.7 Å². The molecule has 0 saturated heterocycles. The van der Waals surface area contributed by atoms with Gasteiger partial charge in [-0.15, -0.1) is 25.6 Å². The van der Waals surface area contributed by atoms with E-state index in [1.165, 1.54) is 60.7 Å². The van der Waals surface area contributed by atoms with Crippen LogP contribution in [-0.4, -0.2) is 133 Å². The van der Waals surface area contributed by atoms with Crippen molar-refractivity contribution in [3.05, 3.63) is 115 Å². The smallest absolute Gasteiger partial charge is 0.296 e. The van der Waals surface area contributed by atoms with Gasteiger partial charge < -0.3 is 10.8 Å². The first-order valence-corrected chi connectivity index (χ1v) is 20.2. The Hall–Kier alpha value is -3.55. The van der Waals surface area contributed by atoms with E-state index in [0.29, 0.717) is 16.8 Å². The van der Waals surface area contributed by atoms with E-state index in [-0.39, 0.29) is 138 Å². The van der Waals surface area contributed by atoms with Crippen LogP contribution in [0.5, 0.6) is 5.75 Å². The number of hydrogen-bond donors (Lipinski definition) is 5. The monoisotopic (exact) mass is 880 g/mol. The van der Waals surface area contributed by atoms with Gasteiger partial charge in [0.05, 0.1) is 38.2 Å². The molecule has 0 fully saturated rings. The second-order valence-electron chi connectivity index (χ2n) is 12.0. The van der Waals surface area contributed by atoms with Crippen LogP contribution < -0.4 is 5.73 Å². The number of anilines is 1. The van der Waals surface area contributed by atoms with Gasteiger partial charge in [-0.05, 0) is 84.2 Å². The Balaban J connectivity index is 0.00000256. The topological polar surface area (TPSA) is 284 Å². The van der Waals surface area contributed by atoms with Crippen LogP contribution in [0.4, 0.5) is 39.8 Å². The predicted molar refractivity (Wildman–Crippen MR) is 224 cm³/mol. The van der Waals surface area contributed by atoms with Gasteiger partial charge >= 0.3 is 0 Å². The zero-order valence-corrected chi connectivity index (χ0v) is 39.6. The van der Waals surface area contributed by atoms with Crippen molar-refractivity contribution in [1.82, 2.24) is 0 Å². The molecule has 0 spiro atoms.